The molecular weight excluding hydrogens is 480 g/mol. The standard InChI is InChI=1S/C36H52O3/c1-25(2)14-12-15-26(3)16-13-17-27(4)20-21-33(37)36(8)23-22-32-30(7)34(28(5)29(6)35(32)39-36)38-24-31-18-10-9-11-19-31/h9-11,16,18-20,25,33,37H,12-15,17,21-24H2,1-8H3. The van der Waals surface area contributed by atoms with Crippen molar-refractivity contribution in [3.8, 4) is 11.5 Å². The molecule has 3 rings (SSSR count). The van der Waals surface area contributed by atoms with Crippen molar-refractivity contribution in [3.05, 3.63) is 81.4 Å². The first-order valence-electron chi connectivity index (χ1n) is 15.0. The van der Waals surface area contributed by atoms with E-state index in [1.165, 1.54) is 36.0 Å². The maximum absolute atomic E-state index is 11.3. The van der Waals surface area contributed by atoms with Crippen molar-refractivity contribution in [2.75, 3.05) is 0 Å². The number of aliphatic hydroxyl groups is 1. The Kier molecular flexibility index (Phi) is 11.3. The number of rotatable bonds is 13. The van der Waals surface area contributed by atoms with E-state index in [1.807, 2.05) is 18.2 Å². The lowest BCUT2D eigenvalue weighted by Crippen LogP contribution is -2.47. The van der Waals surface area contributed by atoms with Crippen molar-refractivity contribution >= 4 is 0 Å². The highest BCUT2D eigenvalue weighted by Gasteiger charge is 2.40. The van der Waals surface area contributed by atoms with Crippen LogP contribution in [-0.4, -0.2) is 16.8 Å². The van der Waals surface area contributed by atoms with Crippen LogP contribution in [0.2, 0.25) is 0 Å². The Hall–Kier alpha value is -2.52. The average Bonchev–Trinajstić information content (AvgIpc) is 2.90. The van der Waals surface area contributed by atoms with Crippen LogP contribution in [0.4, 0.5) is 0 Å². The van der Waals surface area contributed by atoms with E-state index < -0.39 is 11.7 Å². The topological polar surface area (TPSA) is 38.7 Å². The Balaban J connectivity index is 1.61. The predicted molar refractivity (Wildman–Crippen MR) is 165 cm³/mol. The van der Waals surface area contributed by atoms with E-state index in [0.717, 1.165) is 65.4 Å². The molecule has 0 saturated heterocycles. The Morgan fingerprint density at radius 1 is 1.00 bits per heavy atom. The summed E-state index contributed by atoms with van der Waals surface area (Å²) in [7, 11) is 0. The van der Waals surface area contributed by atoms with E-state index in [-0.39, 0.29) is 0 Å². The van der Waals surface area contributed by atoms with E-state index in [2.05, 4.69) is 79.7 Å². The first-order chi connectivity index (χ1) is 18.5. The van der Waals surface area contributed by atoms with E-state index in [9.17, 15) is 5.11 Å². The third kappa shape index (κ3) is 8.48. The first kappa shape index (κ1) is 31.0. The Labute approximate surface area is 238 Å². The van der Waals surface area contributed by atoms with Crippen LogP contribution < -0.4 is 9.47 Å². The second-order valence-corrected chi connectivity index (χ2v) is 12.4. The van der Waals surface area contributed by atoms with Gasteiger partial charge in [0.2, 0.25) is 0 Å². The van der Waals surface area contributed by atoms with Gasteiger partial charge in [0.05, 0.1) is 6.10 Å². The third-order valence-electron chi connectivity index (χ3n) is 8.52. The van der Waals surface area contributed by atoms with Crippen molar-refractivity contribution in [1.29, 1.82) is 0 Å². The van der Waals surface area contributed by atoms with Gasteiger partial charge >= 0.3 is 0 Å². The summed E-state index contributed by atoms with van der Waals surface area (Å²) < 4.78 is 13.0. The summed E-state index contributed by atoms with van der Waals surface area (Å²) in [6, 6.07) is 10.3. The number of benzene rings is 2. The summed E-state index contributed by atoms with van der Waals surface area (Å²) in [6.45, 7) is 18.0. The van der Waals surface area contributed by atoms with Gasteiger partial charge in [0.1, 0.15) is 23.7 Å². The summed E-state index contributed by atoms with van der Waals surface area (Å²) >= 11 is 0. The van der Waals surface area contributed by atoms with E-state index >= 15 is 0 Å². The van der Waals surface area contributed by atoms with Gasteiger partial charge in [0.25, 0.3) is 0 Å². The Morgan fingerprint density at radius 3 is 2.38 bits per heavy atom. The molecule has 0 spiro atoms. The molecule has 39 heavy (non-hydrogen) atoms. The molecule has 1 heterocycles. The van der Waals surface area contributed by atoms with Crippen molar-refractivity contribution in [3.63, 3.8) is 0 Å². The molecular formula is C36H52O3. The number of hydrogen-bond donors (Lipinski definition) is 1. The molecule has 3 heteroatoms. The predicted octanol–water partition coefficient (Wildman–Crippen LogP) is 9.52. The molecule has 0 radical (unpaired) electrons. The molecule has 0 saturated carbocycles. The highest BCUT2D eigenvalue weighted by Crippen LogP contribution is 2.45. The molecule has 0 fully saturated rings. The molecule has 1 N–H and O–H groups in total. The summed E-state index contributed by atoms with van der Waals surface area (Å²) in [5.41, 5.74) is 7.99. The molecule has 0 amide bonds. The SMILES string of the molecule is CC(=CCC(O)C1(C)CCc2c(C)c(OCc3ccccc3)c(C)c(C)c2O1)CCC=C(C)CCCC(C)C. The molecule has 2 unspecified atom stereocenters. The van der Waals surface area contributed by atoms with Gasteiger partial charge in [-0.15, -0.1) is 0 Å². The maximum atomic E-state index is 11.3. The van der Waals surface area contributed by atoms with Crippen molar-refractivity contribution < 1.29 is 14.6 Å². The lowest BCUT2D eigenvalue weighted by Gasteiger charge is -2.41. The largest absolute Gasteiger partial charge is 0.488 e. The van der Waals surface area contributed by atoms with Crippen LogP contribution in [0.3, 0.4) is 0 Å². The van der Waals surface area contributed by atoms with Crippen molar-refractivity contribution in [2.24, 2.45) is 5.92 Å². The highest BCUT2D eigenvalue weighted by molar-refractivity contribution is 5.59. The molecule has 2 aromatic carbocycles. The van der Waals surface area contributed by atoms with Gasteiger partial charge in [0, 0.05) is 5.56 Å². The molecule has 1 aliphatic heterocycles. The fraction of sp³-hybridized carbons (Fsp3) is 0.556. The minimum Gasteiger partial charge on any atom is -0.488 e. The number of aliphatic hydroxyl groups excluding tert-OH is 1. The van der Waals surface area contributed by atoms with Crippen LogP contribution >= 0.6 is 0 Å². The summed E-state index contributed by atoms with van der Waals surface area (Å²) in [5, 5.41) is 11.3. The highest BCUT2D eigenvalue weighted by atomic mass is 16.5. The van der Waals surface area contributed by atoms with E-state index in [4.69, 9.17) is 9.47 Å². The molecule has 0 bridgehead atoms. The van der Waals surface area contributed by atoms with Crippen LogP contribution in [0.1, 0.15) is 107 Å². The summed E-state index contributed by atoms with van der Waals surface area (Å²) in [6.07, 6.45) is 12.2. The minimum atomic E-state index is -0.604. The van der Waals surface area contributed by atoms with Gasteiger partial charge in [-0.3, -0.25) is 0 Å². The van der Waals surface area contributed by atoms with Gasteiger partial charge in [-0.25, -0.2) is 0 Å². The Bertz CT molecular complexity index is 1140. The zero-order valence-corrected chi connectivity index (χ0v) is 25.8. The Morgan fingerprint density at radius 2 is 1.69 bits per heavy atom. The molecule has 1 aliphatic rings. The van der Waals surface area contributed by atoms with Crippen LogP contribution in [-0.2, 0) is 13.0 Å². The monoisotopic (exact) mass is 532 g/mol. The zero-order chi connectivity index (χ0) is 28.6. The fourth-order valence-electron chi connectivity index (χ4n) is 5.53. The lowest BCUT2D eigenvalue weighted by atomic mass is 9.83. The summed E-state index contributed by atoms with van der Waals surface area (Å²) in [4.78, 5) is 0. The van der Waals surface area contributed by atoms with Gasteiger partial charge in [-0.05, 0) is 115 Å². The van der Waals surface area contributed by atoms with Crippen LogP contribution in [0.25, 0.3) is 0 Å². The van der Waals surface area contributed by atoms with E-state index in [1.54, 1.807) is 0 Å². The zero-order valence-electron chi connectivity index (χ0n) is 25.8. The minimum absolute atomic E-state index is 0.553. The number of hydrogen-bond acceptors (Lipinski definition) is 3. The van der Waals surface area contributed by atoms with Crippen LogP contribution in [0.5, 0.6) is 11.5 Å². The summed E-state index contributed by atoms with van der Waals surface area (Å²) in [5.74, 6) is 2.68. The molecule has 2 aromatic rings. The lowest BCUT2D eigenvalue weighted by molar-refractivity contribution is -0.0532. The van der Waals surface area contributed by atoms with Crippen molar-refractivity contribution in [1.82, 2.24) is 0 Å². The van der Waals surface area contributed by atoms with Gasteiger partial charge in [-0.1, -0.05) is 73.9 Å². The molecule has 0 aromatic heterocycles. The van der Waals surface area contributed by atoms with Crippen molar-refractivity contribution in [2.45, 2.75) is 125 Å². The number of fused-ring (bicyclic) bond motifs is 1. The molecule has 3 nitrogen and oxygen atoms in total. The molecule has 2 atom stereocenters. The van der Waals surface area contributed by atoms with Gasteiger partial charge in [0.15, 0.2) is 0 Å². The second kappa shape index (κ2) is 14.2. The first-order valence-corrected chi connectivity index (χ1v) is 15.0. The van der Waals surface area contributed by atoms with Crippen LogP contribution in [0, 0.1) is 26.7 Å². The fourth-order valence-corrected chi connectivity index (χ4v) is 5.53. The number of allylic oxidation sites excluding steroid dienone is 3. The second-order valence-electron chi connectivity index (χ2n) is 12.4. The normalized spacial score (nSPS) is 18.6. The quantitative estimate of drug-likeness (QED) is 0.261. The third-order valence-corrected chi connectivity index (χ3v) is 8.52. The smallest absolute Gasteiger partial charge is 0.133 e. The van der Waals surface area contributed by atoms with Gasteiger partial charge in [-0.2, -0.15) is 0 Å². The number of ether oxygens (including phenoxy) is 2. The van der Waals surface area contributed by atoms with E-state index in [0.29, 0.717) is 13.0 Å². The average molecular weight is 533 g/mol. The molecule has 214 valence electrons. The van der Waals surface area contributed by atoms with Crippen LogP contribution in [0.15, 0.2) is 53.6 Å². The maximum Gasteiger partial charge on any atom is 0.133 e. The molecule has 0 aliphatic carbocycles. The van der Waals surface area contributed by atoms with Gasteiger partial charge < -0.3 is 14.6 Å².